The van der Waals surface area contributed by atoms with Gasteiger partial charge in [-0.3, -0.25) is 4.98 Å². The van der Waals surface area contributed by atoms with E-state index in [1.165, 1.54) is 6.07 Å². The van der Waals surface area contributed by atoms with Crippen LogP contribution in [0.5, 0.6) is 5.75 Å². The van der Waals surface area contributed by atoms with Crippen LogP contribution in [0.25, 0.3) is 22.0 Å². The molecule has 9 heteroatoms. The maximum Gasteiger partial charge on any atom is 0.416 e. The van der Waals surface area contributed by atoms with Crippen LogP contribution in [0.1, 0.15) is 19.4 Å². The van der Waals surface area contributed by atoms with Crippen LogP contribution < -0.4 is 4.90 Å². The summed E-state index contributed by atoms with van der Waals surface area (Å²) in [6, 6.07) is 4.55. The van der Waals surface area contributed by atoms with Gasteiger partial charge in [-0.15, -0.1) is 10.2 Å². The number of phenols is 1. The Balaban J connectivity index is 1.81. The Morgan fingerprint density at radius 2 is 1.73 bits per heavy atom. The van der Waals surface area contributed by atoms with E-state index in [1.807, 2.05) is 18.7 Å². The van der Waals surface area contributed by atoms with Crippen LogP contribution >= 0.6 is 0 Å². The Labute approximate surface area is 171 Å². The summed E-state index contributed by atoms with van der Waals surface area (Å²) >= 11 is 0. The molecule has 6 nitrogen and oxygen atoms in total. The number of halogens is 3. The quantitative estimate of drug-likeness (QED) is 0.658. The molecule has 30 heavy (non-hydrogen) atoms. The summed E-state index contributed by atoms with van der Waals surface area (Å²) < 4.78 is 38.8. The van der Waals surface area contributed by atoms with Gasteiger partial charge in [0.15, 0.2) is 5.82 Å². The van der Waals surface area contributed by atoms with E-state index in [9.17, 15) is 23.4 Å². The number of hydrogen-bond donors (Lipinski definition) is 2. The van der Waals surface area contributed by atoms with Crippen LogP contribution in [-0.2, 0) is 6.18 Å². The van der Waals surface area contributed by atoms with Crippen LogP contribution in [0.4, 0.5) is 19.0 Å². The molecule has 0 amide bonds. The molecule has 0 bridgehead atoms. The van der Waals surface area contributed by atoms with Crippen LogP contribution in [0.2, 0.25) is 0 Å². The lowest BCUT2D eigenvalue weighted by Gasteiger charge is -2.39. The van der Waals surface area contributed by atoms with Crippen molar-refractivity contribution in [1.29, 1.82) is 0 Å². The third-order valence-corrected chi connectivity index (χ3v) is 5.62. The number of aliphatic hydroxyl groups is 1. The van der Waals surface area contributed by atoms with Crippen molar-refractivity contribution in [1.82, 2.24) is 15.2 Å². The number of aliphatic hydroxyl groups excluding tert-OH is 1. The number of piperidine rings is 1. The summed E-state index contributed by atoms with van der Waals surface area (Å²) in [6.45, 7) is 5.14. The first kappa shape index (κ1) is 20.3. The lowest BCUT2D eigenvalue weighted by atomic mass is 9.88. The summed E-state index contributed by atoms with van der Waals surface area (Å²) in [7, 11) is 0. The highest BCUT2D eigenvalue weighted by Crippen LogP contribution is 2.39. The van der Waals surface area contributed by atoms with Gasteiger partial charge in [0.05, 0.1) is 11.7 Å². The summed E-state index contributed by atoms with van der Waals surface area (Å²) in [6.07, 6.45) is -1.78. The number of aromatic nitrogens is 3. The van der Waals surface area contributed by atoms with Gasteiger partial charge < -0.3 is 15.1 Å². The van der Waals surface area contributed by atoms with E-state index >= 15 is 0 Å². The predicted octanol–water partition coefficient (Wildman–Crippen LogP) is 3.87. The molecule has 0 spiro atoms. The minimum atomic E-state index is -4.55. The van der Waals surface area contributed by atoms with E-state index < -0.39 is 23.6 Å². The highest BCUT2D eigenvalue weighted by molar-refractivity contribution is 6.00. The first-order valence-electron chi connectivity index (χ1n) is 9.61. The van der Waals surface area contributed by atoms with Crippen LogP contribution in [-0.4, -0.2) is 44.6 Å². The van der Waals surface area contributed by atoms with Crippen LogP contribution in [0.3, 0.4) is 0 Å². The van der Waals surface area contributed by atoms with Gasteiger partial charge in [-0.1, -0.05) is 13.8 Å². The number of aromatic hydroxyl groups is 1. The Morgan fingerprint density at radius 3 is 2.37 bits per heavy atom. The minimum Gasteiger partial charge on any atom is -0.507 e. The highest BCUT2D eigenvalue weighted by Gasteiger charge is 2.33. The SMILES string of the molecule is C[C@@H]1CN(c2nnc(-c3ccc(C(F)(F)F)cc3O)c3cnccc23)C[C@H](C)C1O. The monoisotopic (exact) mass is 418 g/mol. The first-order valence-corrected chi connectivity index (χ1v) is 9.61. The molecule has 1 aromatic carbocycles. The number of phenolic OH excluding ortho intramolecular Hbond substituents is 1. The molecule has 3 heterocycles. The van der Waals surface area contributed by atoms with Crippen molar-refractivity contribution in [3.8, 4) is 17.0 Å². The van der Waals surface area contributed by atoms with E-state index in [0.717, 1.165) is 11.5 Å². The Bertz CT molecular complexity index is 1080. The molecule has 0 saturated carbocycles. The second kappa shape index (κ2) is 7.39. The molecule has 1 aliphatic rings. The van der Waals surface area contributed by atoms with E-state index in [4.69, 9.17) is 0 Å². The van der Waals surface area contributed by atoms with Gasteiger partial charge in [0, 0.05) is 41.8 Å². The molecule has 3 atom stereocenters. The fourth-order valence-electron chi connectivity index (χ4n) is 4.04. The minimum absolute atomic E-state index is 0.0473. The molecule has 1 fully saturated rings. The maximum atomic E-state index is 12.9. The predicted molar refractivity (Wildman–Crippen MR) is 106 cm³/mol. The number of hydrogen-bond acceptors (Lipinski definition) is 6. The Hall–Kier alpha value is -2.94. The molecule has 2 N–H and O–H groups in total. The normalized spacial score (nSPS) is 22.5. The summed E-state index contributed by atoms with van der Waals surface area (Å²) in [5.41, 5.74) is -0.535. The van der Waals surface area contributed by atoms with Gasteiger partial charge in [0.25, 0.3) is 0 Å². The zero-order chi connectivity index (χ0) is 21.6. The molecule has 1 aliphatic heterocycles. The van der Waals surface area contributed by atoms with Crippen molar-refractivity contribution in [2.24, 2.45) is 11.8 Å². The highest BCUT2D eigenvalue weighted by atomic mass is 19.4. The number of rotatable bonds is 2. The molecule has 4 rings (SSSR count). The number of alkyl halides is 3. The van der Waals surface area contributed by atoms with E-state index in [0.29, 0.717) is 30.4 Å². The van der Waals surface area contributed by atoms with Gasteiger partial charge in [-0.25, -0.2) is 0 Å². The number of anilines is 1. The van der Waals surface area contributed by atoms with E-state index in [1.54, 1.807) is 18.5 Å². The van der Waals surface area contributed by atoms with Gasteiger partial charge in [0.1, 0.15) is 11.4 Å². The second-order valence-electron chi connectivity index (χ2n) is 7.87. The molecule has 3 aromatic rings. The second-order valence-corrected chi connectivity index (χ2v) is 7.87. The molecule has 0 radical (unpaired) electrons. The van der Waals surface area contributed by atoms with Gasteiger partial charge in [-0.2, -0.15) is 13.2 Å². The van der Waals surface area contributed by atoms with Crippen LogP contribution in [0, 0.1) is 11.8 Å². The molecule has 2 aromatic heterocycles. The Kier molecular flexibility index (Phi) is 5.01. The molecule has 0 aliphatic carbocycles. The number of benzene rings is 1. The van der Waals surface area contributed by atoms with Crippen molar-refractivity contribution >= 4 is 16.6 Å². The molecular formula is C21H21F3N4O2. The average Bonchev–Trinajstić information content (AvgIpc) is 2.70. The zero-order valence-electron chi connectivity index (χ0n) is 16.4. The number of fused-ring (bicyclic) bond motifs is 1. The molecular weight excluding hydrogens is 397 g/mol. The van der Waals surface area contributed by atoms with Crippen molar-refractivity contribution < 1.29 is 23.4 Å². The zero-order valence-corrected chi connectivity index (χ0v) is 16.4. The summed E-state index contributed by atoms with van der Waals surface area (Å²) in [4.78, 5) is 6.18. The van der Waals surface area contributed by atoms with Crippen molar-refractivity contribution in [2.75, 3.05) is 18.0 Å². The van der Waals surface area contributed by atoms with Crippen molar-refractivity contribution in [2.45, 2.75) is 26.1 Å². The lowest BCUT2D eigenvalue weighted by Crippen LogP contribution is -2.47. The smallest absolute Gasteiger partial charge is 0.416 e. The Morgan fingerprint density at radius 1 is 1.03 bits per heavy atom. The van der Waals surface area contributed by atoms with Crippen molar-refractivity contribution in [3.63, 3.8) is 0 Å². The van der Waals surface area contributed by atoms with Gasteiger partial charge in [0.2, 0.25) is 0 Å². The van der Waals surface area contributed by atoms with Crippen molar-refractivity contribution in [3.05, 3.63) is 42.2 Å². The third-order valence-electron chi connectivity index (χ3n) is 5.62. The molecule has 1 saturated heterocycles. The standard InChI is InChI=1S/C21H21F3N4O2/c1-11-9-28(10-12(2)19(11)30)20-14-5-6-25-8-16(14)18(26-27-20)15-4-3-13(7-17(15)29)21(22,23)24/h3-8,11-12,19,29-30H,9-10H2,1-2H3/t11-,12+,19?. The van der Waals surface area contributed by atoms with Gasteiger partial charge >= 0.3 is 6.18 Å². The fraction of sp³-hybridized carbons (Fsp3) is 0.381. The molecule has 1 unspecified atom stereocenters. The maximum absolute atomic E-state index is 12.9. The fourth-order valence-corrected chi connectivity index (χ4v) is 4.04. The largest absolute Gasteiger partial charge is 0.507 e. The number of pyridine rings is 1. The first-order chi connectivity index (χ1) is 14.2. The average molecular weight is 418 g/mol. The third kappa shape index (κ3) is 3.54. The summed E-state index contributed by atoms with van der Waals surface area (Å²) in [5, 5.41) is 30.4. The van der Waals surface area contributed by atoms with Crippen LogP contribution in [0.15, 0.2) is 36.7 Å². The summed E-state index contributed by atoms with van der Waals surface area (Å²) in [5.74, 6) is 0.186. The van der Waals surface area contributed by atoms with E-state index in [-0.39, 0.29) is 23.1 Å². The van der Waals surface area contributed by atoms with E-state index in [2.05, 4.69) is 15.2 Å². The molecule has 158 valence electrons. The topological polar surface area (TPSA) is 82.4 Å². The number of nitrogens with zero attached hydrogens (tertiary/aromatic N) is 4. The van der Waals surface area contributed by atoms with Gasteiger partial charge in [-0.05, 0) is 36.1 Å². The lowest BCUT2D eigenvalue weighted by molar-refractivity contribution is -0.137.